The lowest BCUT2D eigenvalue weighted by atomic mass is 9.94. The van der Waals surface area contributed by atoms with E-state index in [4.69, 9.17) is 0 Å². The van der Waals surface area contributed by atoms with Gasteiger partial charge < -0.3 is 5.11 Å². The topological polar surface area (TPSA) is 20.2 Å². The number of benzene rings is 2. The Kier molecular flexibility index (Phi) is 3.19. The van der Waals surface area contributed by atoms with Crippen LogP contribution in [-0.2, 0) is 6.42 Å². The molecule has 0 saturated heterocycles. The summed E-state index contributed by atoms with van der Waals surface area (Å²) in [5, 5.41) is 9.97. The molecule has 0 fully saturated rings. The molecular weight excluding hydrogens is 208 g/mol. The van der Waals surface area contributed by atoms with E-state index in [1.165, 1.54) is 22.3 Å². The number of rotatable bonds is 2. The van der Waals surface area contributed by atoms with Crippen LogP contribution in [0.2, 0.25) is 0 Å². The second-order valence-corrected chi connectivity index (χ2v) is 4.61. The average Bonchev–Trinajstić information content (AvgIpc) is 2.32. The van der Waals surface area contributed by atoms with E-state index >= 15 is 0 Å². The summed E-state index contributed by atoms with van der Waals surface area (Å²) in [6.45, 7) is 6.26. The van der Waals surface area contributed by atoms with Crippen LogP contribution in [0.1, 0.15) is 27.8 Å². The maximum Gasteiger partial charge on any atom is 0.119 e. The number of aryl methyl sites for hydroxylation is 2. The van der Waals surface area contributed by atoms with Gasteiger partial charge in [0.15, 0.2) is 0 Å². The van der Waals surface area contributed by atoms with Crippen molar-refractivity contribution in [3.63, 3.8) is 0 Å². The van der Waals surface area contributed by atoms with Crippen LogP contribution in [0.15, 0.2) is 36.4 Å². The monoisotopic (exact) mass is 226 g/mol. The fraction of sp³-hybridized carbons (Fsp3) is 0.250. The van der Waals surface area contributed by atoms with Gasteiger partial charge in [-0.05, 0) is 49.1 Å². The Hall–Kier alpha value is -1.76. The summed E-state index contributed by atoms with van der Waals surface area (Å²) in [6, 6.07) is 12.1. The zero-order chi connectivity index (χ0) is 12.4. The van der Waals surface area contributed by atoms with Crippen molar-refractivity contribution in [2.24, 2.45) is 0 Å². The predicted octanol–water partition coefficient (Wildman–Crippen LogP) is 3.91. The average molecular weight is 226 g/mol. The molecule has 0 aromatic heterocycles. The lowest BCUT2D eigenvalue weighted by molar-refractivity contribution is 0.468. The summed E-state index contributed by atoms with van der Waals surface area (Å²) in [5.41, 5.74) is 6.00. The maximum atomic E-state index is 9.97. The molecule has 0 unspecified atom stereocenters. The first kappa shape index (κ1) is 11.7. The van der Waals surface area contributed by atoms with E-state index in [0.717, 1.165) is 12.0 Å². The molecule has 1 nitrogen and oxygen atoms in total. The van der Waals surface area contributed by atoms with E-state index in [-0.39, 0.29) is 0 Å². The molecule has 2 rings (SSSR count). The lowest BCUT2D eigenvalue weighted by Gasteiger charge is -2.12. The number of phenolic OH excluding ortho intramolecular Hbond substituents is 1. The van der Waals surface area contributed by atoms with Gasteiger partial charge in [0, 0.05) is 12.0 Å². The lowest BCUT2D eigenvalue weighted by Crippen LogP contribution is -1.96. The number of aromatic hydroxyl groups is 1. The SMILES string of the molecule is Cc1ccccc1Cc1c(O)ccc(C)c1C. The van der Waals surface area contributed by atoms with Gasteiger partial charge in [-0.25, -0.2) is 0 Å². The Morgan fingerprint density at radius 3 is 2.29 bits per heavy atom. The van der Waals surface area contributed by atoms with Crippen molar-refractivity contribution >= 4 is 0 Å². The Morgan fingerprint density at radius 1 is 0.882 bits per heavy atom. The number of hydrogen-bond donors (Lipinski definition) is 1. The first-order valence-electron chi connectivity index (χ1n) is 5.92. The largest absolute Gasteiger partial charge is 0.508 e. The molecule has 0 saturated carbocycles. The van der Waals surface area contributed by atoms with Gasteiger partial charge in [0.2, 0.25) is 0 Å². The summed E-state index contributed by atoms with van der Waals surface area (Å²) in [4.78, 5) is 0. The molecule has 1 N–H and O–H groups in total. The zero-order valence-electron chi connectivity index (χ0n) is 10.6. The van der Waals surface area contributed by atoms with Gasteiger partial charge in [0.1, 0.15) is 5.75 Å². The fourth-order valence-electron chi connectivity index (χ4n) is 2.08. The Bertz CT molecular complexity index is 541. The number of phenols is 1. The fourth-order valence-corrected chi connectivity index (χ4v) is 2.08. The molecule has 17 heavy (non-hydrogen) atoms. The van der Waals surface area contributed by atoms with Gasteiger partial charge in [0.25, 0.3) is 0 Å². The molecule has 0 aliphatic carbocycles. The predicted molar refractivity (Wildman–Crippen MR) is 71.6 cm³/mol. The van der Waals surface area contributed by atoms with Gasteiger partial charge in [-0.15, -0.1) is 0 Å². The van der Waals surface area contributed by atoms with E-state index in [1.807, 2.05) is 18.2 Å². The molecule has 2 aromatic rings. The standard InChI is InChI=1S/C16H18O/c1-11-8-9-16(17)15(13(11)3)10-14-7-5-4-6-12(14)2/h4-9,17H,10H2,1-3H3. The second-order valence-electron chi connectivity index (χ2n) is 4.61. The molecule has 1 heteroatoms. The highest BCUT2D eigenvalue weighted by Crippen LogP contribution is 2.27. The molecular formula is C16H18O. The minimum absolute atomic E-state index is 0.399. The van der Waals surface area contributed by atoms with Crippen LogP contribution in [0.4, 0.5) is 0 Å². The molecule has 0 spiro atoms. The van der Waals surface area contributed by atoms with E-state index < -0.39 is 0 Å². The van der Waals surface area contributed by atoms with E-state index in [9.17, 15) is 5.11 Å². The van der Waals surface area contributed by atoms with Crippen LogP contribution in [0.25, 0.3) is 0 Å². The van der Waals surface area contributed by atoms with Crippen LogP contribution >= 0.6 is 0 Å². The third kappa shape index (κ3) is 2.33. The Morgan fingerprint density at radius 2 is 1.59 bits per heavy atom. The first-order valence-corrected chi connectivity index (χ1v) is 5.92. The highest BCUT2D eigenvalue weighted by Gasteiger charge is 2.09. The highest BCUT2D eigenvalue weighted by atomic mass is 16.3. The highest BCUT2D eigenvalue weighted by molar-refractivity contribution is 5.46. The van der Waals surface area contributed by atoms with Gasteiger partial charge >= 0.3 is 0 Å². The molecule has 88 valence electrons. The molecule has 0 bridgehead atoms. The van der Waals surface area contributed by atoms with Crippen molar-refractivity contribution in [3.8, 4) is 5.75 Å². The quantitative estimate of drug-likeness (QED) is 0.823. The van der Waals surface area contributed by atoms with Crippen molar-refractivity contribution in [2.75, 3.05) is 0 Å². The Labute approximate surface area is 103 Å². The van der Waals surface area contributed by atoms with Crippen molar-refractivity contribution < 1.29 is 5.11 Å². The molecule has 0 heterocycles. The molecule has 0 aliphatic rings. The summed E-state index contributed by atoms with van der Waals surface area (Å²) in [6.07, 6.45) is 0.798. The van der Waals surface area contributed by atoms with E-state index in [2.05, 4.69) is 32.9 Å². The normalized spacial score (nSPS) is 10.5. The van der Waals surface area contributed by atoms with Gasteiger partial charge in [0.05, 0.1) is 0 Å². The van der Waals surface area contributed by atoms with Gasteiger partial charge in [-0.3, -0.25) is 0 Å². The third-order valence-corrected chi connectivity index (χ3v) is 3.47. The van der Waals surface area contributed by atoms with Crippen molar-refractivity contribution in [3.05, 3.63) is 64.2 Å². The summed E-state index contributed by atoms with van der Waals surface area (Å²) in [5.74, 6) is 0.399. The first-order chi connectivity index (χ1) is 8.09. The van der Waals surface area contributed by atoms with Crippen LogP contribution in [0, 0.1) is 20.8 Å². The summed E-state index contributed by atoms with van der Waals surface area (Å²) in [7, 11) is 0. The van der Waals surface area contributed by atoms with Crippen LogP contribution in [-0.4, -0.2) is 5.11 Å². The molecule has 0 aliphatic heterocycles. The van der Waals surface area contributed by atoms with Crippen LogP contribution < -0.4 is 0 Å². The van der Waals surface area contributed by atoms with Crippen molar-refractivity contribution in [1.82, 2.24) is 0 Å². The van der Waals surface area contributed by atoms with Gasteiger partial charge in [-0.1, -0.05) is 30.3 Å². The minimum Gasteiger partial charge on any atom is -0.508 e. The van der Waals surface area contributed by atoms with Crippen LogP contribution in [0.5, 0.6) is 5.75 Å². The Balaban J connectivity index is 2.43. The molecule has 0 radical (unpaired) electrons. The third-order valence-electron chi connectivity index (χ3n) is 3.47. The molecule has 0 amide bonds. The van der Waals surface area contributed by atoms with Crippen molar-refractivity contribution in [2.45, 2.75) is 27.2 Å². The summed E-state index contributed by atoms with van der Waals surface area (Å²) >= 11 is 0. The van der Waals surface area contributed by atoms with Gasteiger partial charge in [-0.2, -0.15) is 0 Å². The maximum absolute atomic E-state index is 9.97. The minimum atomic E-state index is 0.399. The van der Waals surface area contributed by atoms with Crippen molar-refractivity contribution in [1.29, 1.82) is 0 Å². The second kappa shape index (κ2) is 4.62. The molecule has 2 aromatic carbocycles. The molecule has 0 atom stereocenters. The zero-order valence-corrected chi connectivity index (χ0v) is 10.6. The van der Waals surface area contributed by atoms with Crippen LogP contribution in [0.3, 0.4) is 0 Å². The summed E-state index contributed by atoms with van der Waals surface area (Å²) < 4.78 is 0. The van der Waals surface area contributed by atoms with E-state index in [1.54, 1.807) is 6.07 Å². The number of hydrogen-bond acceptors (Lipinski definition) is 1. The van der Waals surface area contributed by atoms with E-state index in [0.29, 0.717) is 5.75 Å². The smallest absolute Gasteiger partial charge is 0.119 e.